The Hall–Kier alpha value is -2.48. The van der Waals surface area contributed by atoms with Gasteiger partial charge in [0.2, 0.25) is 5.91 Å². The molecule has 2 fully saturated rings. The summed E-state index contributed by atoms with van der Waals surface area (Å²) in [5.74, 6) is -1.37. The zero-order valence-corrected chi connectivity index (χ0v) is 21.0. The van der Waals surface area contributed by atoms with Gasteiger partial charge in [-0.05, 0) is 86.2 Å². The van der Waals surface area contributed by atoms with Crippen LogP contribution in [0.15, 0.2) is 42.5 Å². The van der Waals surface area contributed by atoms with Crippen LogP contribution in [0.2, 0.25) is 5.02 Å². The average Bonchev–Trinajstić information content (AvgIpc) is 3.20. The molecule has 1 spiro atoms. The summed E-state index contributed by atoms with van der Waals surface area (Å²) in [6, 6.07) is 9.32. The molecule has 0 aromatic heterocycles. The smallest absolute Gasteiger partial charge is 0.246 e. The first-order valence-electron chi connectivity index (χ1n) is 12.7. The number of β-amino-alcohol motifs (C(OH)–C–C–N with tert-alkyl or cyclic N) is 1. The lowest BCUT2D eigenvalue weighted by Gasteiger charge is -2.41. The van der Waals surface area contributed by atoms with Gasteiger partial charge in [0, 0.05) is 54.4 Å². The van der Waals surface area contributed by atoms with Crippen molar-refractivity contribution in [3.05, 3.63) is 70.3 Å². The van der Waals surface area contributed by atoms with Crippen molar-refractivity contribution in [2.45, 2.75) is 37.2 Å². The Kier molecular flexibility index (Phi) is 7.33. The van der Waals surface area contributed by atoms with Crippen LogP contribution in [0.3, 0.4) is 0 Å². The van der Waals surface area contributed by atoms with E-state index in [9.17, 15) is 18.7 Å². The zero-order chi connectivity index (χ0) is 25.3. The van der Waals surface area contributed by atoms with Crippen molar-refractivity contribution in [3.63, 3.8) is 0 Å². The molecule has 0 bridgehead atoms. The fraction of sp³-hybridized carbons (Fsp3) is 0.464. The molecule has 8 heteroatoms. The van der Waals surface area contributed by atoms with Crippen molar-refractivity contribution in [1.82, 2.24) is 9.80 Å². The number of carbonyl (C=O) groups is 1. The molecule has 5 rings (SSSR count). The molecule has 1 unspecified atom stereocenters. The Balaban J connectivity index is 1.08. The Labute approximate surface area is 215 Å². The summed E-state index contributed by atoms with van der Waals surface area (Å²) < 4.78 is 26.7. The number of likely N-dealkylation sites (tertiary alicyclic amines) is 2. The number of hydrogen-bond acceptors (Lipinski definition) is 4. The third-order valence-corrected chi connectivity index (χ3v) is 8.36. The minimum absolute atomic E-state index is 0.151. The molecule has 2 saturated heterocycles. The highest BCUT2D eigenvalue weighted by Crippen LogP contribution is 2.44. The van der Waals surface area contributed by atoms with Crippen LogP contribution in [0.5, 0.6) is 0 Å². The predicted octanol–water partition coefficient (Wildman–Crippen LogP) is 4.69. The molecule has 192 valence electrons. The van der Waals surface area contributed by atoms with Gasteiger partial charge < -0.3 is 20.2 Å². The van der Waals surface area contributed by atoms with E-state index in [-0.39, 0.29) is 17.2 Å². The van der Waals surface area contributed by atoms with Crippen LogP contribution < -0.4 is 5.32 Å². The first-order chi connectivity index (χ1) is 17.3. The van der Waals surface area contributed by atoms with Crippen LogP contribution in [0.1, 0.15) is 36.8 Å². The number of carbonyl (C=O) groups excluding carboxylic acids is 1. The third-order valence-electron chi connectivity index (χ3n) is 8.13. The van der Waals surface area contributed by atoms with Gasteiger partial charge in [-0.25, -0.2) is 8.78 Å². The highest BCUT2D eigenvalue weighted by molar-refractivity contribution is 6.30. The molecule has 3 heterocycles. The summed E-state index contributed by atoms with van der Waals surface area (Å²) in [6.07, 6.45) is 5.96. The van der Waals surface area contributed by atoms with Crippen molar-refractivity contribution in [3.8, 4) is 0 Å². The van der Waals surface area contributed by atoms with E-state index in [2.05, 4.69) is 16.3 Å². The predicted molar refractivity (Wildman–Crippen MR) is 138 cm³/mol. The number of benzene rings is 2. The van der Waals surface area contributed by atoms with Crippen LogP contribution in [-0.2, 0) is 10.2 Å². The number of fused-ring (bicyclic) bond motifs is 2. The summed E-state index contributed by atoms with van der Waals surface area (Å²) in [7, 11) is 0. The lowest BCUT2D eigenvalue weighted by molar-refractivity contribution is -0.128. The monoisotopic (exact) mass is 515 g/mol. The van der Waals surface area contributed by atoms with Crippen LogP contribution in [-0.4, -0.2) is 66.2 Å². The maximum absolute atomic E-state index is 13.3. The second-order valence-electron chi connectivity index (χ2n) is 10.4. The molecule has 2 aromatic carbocycles. The van der Waals surface area contributed by atoms with Crippen molar-refractivity contribution in [2.75, 3.05) is 44.6 Å². The highest BCUT2D eigenvalue weighted by atomic mass is 35.5. The number of amides is 1. The number of anilines is 1. The summed E-state index contributed by atoms with van der Waals surface area (Å²) in [4.78, 5) is 16.6. The average molecular weight is 516 g/mol. The van der Waals surface area contributed by atoms with Gasteiger partial charge in [-0.3, -0.25) is 4.79 Å². The van der Waals surface area contributed by atoms with Crippen LogP contribution >= 0.6 is 11.6 Å². The van der Waals surface area contributed by atoms with E-state index in [4.69, 9.17) is 11.6 Å². The van der Waals surface area contributed by atoms with E-state index in [0.29, 0.717) is 25.2 Å². The second kappa shape index (κ2) is 10.5. The molecule has 0 saturated carbocycles. The summed E-state index contributed by atoms with van der Waals surface area (Å²) >= 11 is 6.16. The standard InChI is InChI=1S/C28H32ClF2N3O2/c29-21-2-3-24-25(15-21)32-18-28(24)7-11-33(12-8-28)17-26(35)20-5-9-34(10-6-20)27(36)4-1-19-13-22(30)16-23(31)14-19/h1-4,13-16,20,26,32,35H,5-12,17-18H2. The van der Waals surface area contributed by atoms with Gasteiger partial charge in [0.05, 0.1) is 6.10 Å². The summed E-state index contributed by atoms with van der Waals surface area (Å²) in [5.41, 5.74) is 2.98. The second-order valence-corrected chi connectivity index (χ2v) is 10.8. The largest absolute Gasteiger partial charge is 0.392 e. The van der Waals surface area contributed by atoms with Gasteiger partial charge in [0.25, 0.3) is 0 Å². The number of piperidine rings is 2. The highest BCUT2D eigenvalue weighted by Gasteiger charge is 2.42. The number of hydrogen-bond donors (Lipinski definition) is 2. The molecule has 0 radical (unpaired) electrons. The zero-order valence-electron chi connectivity index (χ0n) is 20.2. The fourth-order valence-electron chi connectivity index (χ4n) is 5.96. The number of halogens is 3. The summed E-state index contributed by atoms with van der Waals surface area (Å²) in [5, 5.41) is 15.2. The van der Waals surface area contributed by atoms with E-state index in [1.807, 2.05) is 12.1 Å². The molecular formula is C28H32ClF2N3O2. The van der Waals surface area contributed by atoms with E-state index < -0.39 is 17.7 Å². The maximum Gasteiger partial charge on any atom is 0.246 e. The van der Waals surface area contributed by atoms with Crippen LogP contribution in [0.4, 0.5) is 14.5 Å². The molecule has 1 amide bonds. The molecule has 5 nitrogen and oxygen atoms in total. The normalized spacial score (nSPS) is 21.1. The topological polar surface area (TPSA) is 55.8 Å². The Morgan fingerprint density at radius 3 is 2.50 bits per heavy atom. The molecule has 1 atom stereocenters. The lowest BCUT2D eigenvalue weighted by Crippen LogP contribution is -2.48. The number of aliphatic hydroxyl groups is 1. The molecular weight excluding hydrogens is 484 g/mol. The Bertz CT molecular complexity index is 1120. The number of nitrogens with one attached hydrogen (secondary N) is 1. The first kappa shape index (κ1) is 25.2. The molecule has 2 aromatic rings. The van der Waals surface area contributed by atoms with Crippen molar-refractivity contribution >= 4 is 29.3 Å². The Morgan fingerprint density at radius 2 is 1.81 bits per heavy atom. The van der Waals surface area contributed by atoms with Crippen molar-refractivity contribution in [2.24, 2.45) is 5.92 Å². The van der Waals surface area contributed by atoms with E-state index in [0.717, 1.165) is 62.1 Å². The third kappa shape index (κ3) is 5.43. The molecule has 3 aliphatic heterocycles. The number of nitrogens with zero attached hydrogens (tertiary/aromatic N) is 2. The van der Waals surface area contributed by atoms with E-state index >= 15 is 0 Å². The van der Waals surface area contributed by atoms with Crippen LogP contribution in [0.25, 0.3) is 6.08 Å². The van der Waals surface area contributed by atoms with Crippen molar-refractivity contribution in [1.29, 1.82) is 0 Å². The summed E-state index contributed by atoms with van der Waals surface area (Å²) in [6.45, 7) is 4.62. The van der Waals surface area contributed by atoms with Gasteiger partial charge >= 0.3 is 0 Å². The number of aliphatic hydroxyl groups excluding tert-OH is 1. The van der Waals surface area contributed by atoms with E-state index in [1.165, 1.54) is 29.8 Å². The lowest BCUT2D eigenvalue weighted by atomic mass is 9.74. The fourth-order valence-corrected chi connectivity index (χ4v) is 6.13. The molecule has 2 N–H and O–H groups in total. The Morgan fingerprint density at radius 1 is 1.11 bits per heavy atom. The van der Waals surface area contributed by atoms with Gasteiger partial charge in [0.1, 0.15) is 11.6 Å². The molecule has 0 aliphatic carbocycles. The molecule has 36 heavy (non-hydrogen) atoms. The SMILES string of the molecule is O=C(C=Cc1cc(F)cc(F)c1)N1CCC(C(O)CN2CCC3(CC2)CNc2cc(Cl)ccc23)CC1. The van der Waals surface area contributed by atoms with Gasteiger partial charge in [-0.15, -0.1) is 0 Å². The van der Waals surface area contributed by atoms with Crippen molar-refractivity contribution < 1.29 is 18.7 Å². The minimum atomic E-state index is -0.671. The van der Waals surface area contributed by atoms with Gasteiger partial charge in [0.15, 0.2) is 0 Å². The maximum atomic E-state index is 13.3. The molecule has 3 aliphatic rings. The first-order valence-corrected chi connectivity index (χ1v) is 13.1. The van der Waals surface area contributed by atoms with Gasteiger partial charge in [-0.1, -0.05) is 17.7 Å². The quantitative estimate of drug-likeness (QED) is 0.567. The number of rotatable bonds is 5. The van der Waals surface area contributed by atoms with E-state index in [1.54, 1.807) is 4.90 Å². The minimum Gasteiger partial charge on any atom is -0.392 e. The van der Waals surface area contributed by atoms with Gasteiger partial charge in [-0.2, -0.15) is 0 Å². The van der Waals surface area contributed by atoms with Crippen LogP contribution in [0, 0.1) is 17.6 Å².